The second-order valence-electron chi connectivity index (χ2n) is 10.1. The summed E-state index contributed by atoms with van der Waals surface area (Å²) in [5, 5.41) is 10.1. The minimum atomic E-state index is -0.502. The zero-order chi connectivity index (χ0) is 21.2. The molecule has 2 rings (SSSR count). The van der Waals surface area contributed by atoms with Crippen molar-refractivity contribution >= 4 is 0 Å². The fourth-order valence-corrected chi connectivity index (χ4v) is 2.85. The van der Waals surface area contributed by atoms with Crippen LogP contribution >= 0.6 is 0 Å². The van der Waals surface area contributed by atoms with Crippen LogP contribution in [-0.2, 0) is 5.41 Å². The number of aliphatic hydroxyl groups is 1. The highest BCUT2D eigenvalue weighted by molar-refractivity contribution is 5.41. The minimum absolute atomic E-state index is 0.135. The lowest BCUT2D eigenvalue weighted by Gasteiger charge is -2.28. The molecule has 0 radical (unpaired) electrons. The van der Waals surface area contributed by atoms with E-state index in [1.807, 2.05) is 45.0 Å². The molecule has 3 heteroatoms. The van der Waals surface area contributed by atoms with Crippen molar-refractivity contribution < 1.29 is 14.6 Å². The van der Waals surface area contributed by atoms with Gasteiger partial charge in [-0.15, -0.1) is 0 Å². The molecule has 0 saturated heterocycles. The van der Waals surface area contributed by atoms with Gasteiger partial charge in [0.1, 0.15) is 23.7 Å². The fraction of sp³-hybridized carbons (Fsp3) is 0.520. The summed E-state index contributed by atoms with van der Waals surface area (Å²) in [5.41, 5.74) is 1.91. The van der Waals surface area contributed by atoms with Crippen molar-refractivity contribution in [3.63, 3.8) is 0 Å². The van der Waals surface area contributed by atoms with E-state index in [-0.39, 0.29) is 16.4 Å². The number of rotatable bonds is 6. The van der Waals surface area contributed by atoms with E-state index in [1.54, 1.807) is 0 Å². The van der Waals surface area contributed by atoms with Gasteiger partial charge in [-0.1, -0.05) is 58.9 Å². The van der Waals surface area contributed by atoms with Crippen molar-refractivity contribution in [2.75, 3.05) is 6.61 Å². The van der Waals surface area contributed by atoms with E-state index in [2.05, 4.69) is 58.9 Å². The van der Waals surface area contributed by atoms with E-state index >= 15 is 0 Å². The largest absolute Gasteiger partial charge is 0.491 e. The number of aliphatic hydroxyl groups excluding tert-OH is 1. The molecule has 0 spiro atoms. The maximum absolute atomic E-state index is 10.1. The van der Waals surface area contributed by atoms with Crippen LogP contribution < -0.4 is 9.47 Å². The first-order valence-electron chi connectivity index (χ1n) is 10.00. The molecule has 0 aliphatic carbocycles. The molecule has 154 valence electrons. The van der Waals surface area contributed by atoms with Crippen LogP contribution in [0.4, 0.5) is 0 Å². The summed E-state index contributed by atoms with van der Waals surface area (Å²) < 4.78 is 11.7. The molecule has 0 saturated carbocycles. The highest BCUT2D eigenvalue weighted by atomic mass is 16.5. The van der Waals surface area contributed by atoms with Gasteiger partial charge in [0, 0.05) is 5.41 Å². The Kier molecular flexibility index (Phi) is 6.50. The molecule has 0 aromatic heterocycles. The lowest BCUT2D eigenvalue weighted by molar-refractivity contribution is 0.0218. The molecule has 0 amide bonds. The molecule has 3 nitrogen and oxygen atoms in total. The molecule has 0 aliphatic rings. The zero-order valence-electron chi connectivity index (χ0n) is 18.7. The fourth-order valence-electron chi connectivity index (χ4n) is 2.85. The Labute approximate surface area is 170 Å². The van der Waals surface area contributed by atoms with Gasteiger partial charge < -0.3 is 14.6 Å². The Balaban J connectivity index is 2.09. The second-order valence-corrected chi connectivity index (χ2v) is 10.1. The average molecular weight is 385 g/mol. The second kappa shape index (κ2) is 8.16. The summed E-state index contributed by atoms with van der Waals surface area (Å²) in [6.45, 7) is 16.9. The molecular weight excluding hydrogens is 348 g/mol. The first-order valence-corrected chi connectivity index (χ1v) is 10.00. The van der Waals surface area contributed by atoms with E-state index in [1.165, 1.54) is 11.1 Å². The molecule has 0 fully saturated rings. The minimum Gasteiger partial charge on any atom is -0.491 e. The van der Waals surface area contributed by atoms with E-state index in [0.29, 0.717) is 6.61 Å². The topological polar surface area (TPSA) is 38.7 Å². The smallest absolute Gasteiger partial charge is 0.120 e. The Morgan fingerprint density at radius 3 is 1.54 bits per heavy atom. The van der Waals surface area contributed by atoms with Crippen molar-refractivity contribution in [3.05, 3.63) is 59.7 Å². The predicted octanol–water partition coefficient (Wildman–Crippen LogP) is 5.98. The standard InChI is InChI=1S/C25H36O3/c1-23(2,3)22(26)17-27-20-13-9-18(10-14-20)25(7,8)19-11-15-21(16-12-19)28-24(4,5)6/h9-16,22,26H,17H2,1-8H3. The normalized spacial score (nSPS) is 13.9. The zero-order valence-corrected chi connectivity index (χ0v) is 18.7. The van der Waals surface area contributed by atoms with Gasteiger partial charge in [-0.2, -0.15) is 0 Å². The third-order valence-corrected chi connectivity index (χ3v) is 4.98. The highest BCUT2D eigenvalue weighted by Crippen LogP contribution is 2.34. The Morgan fingerprint density at radius 2 is 1.14 bits per heavy atom. The van der Waals surface area contributed by atoms with Gasteiger partial charge in [-0.25, -0.2) is 0 Å². The summed E-state index contributed by atoms with van der Waals surface area (Å²) in [7, 11) is 0. The summed E-state index contributed by atoms with van der Waals surface area (Å²) >= 11 is 0. The van der Waals surface area contributed by atoms with Gasteiger partial charge >= 0.3 is 0 Å². The quantitative estimate of drug-likeness (QED) is 0.666. The van der Waals surface area contributed by atoms with Crippen LogP contribution in [-0.4, -0.2) is 23.4 Å². The molecule has 1 N–H and O–H groups in total. The lowest BCUT2D eigenvalue weighted by atomic mass is 9.78. The summed E-state index contributed by atoms with van der Waals surface area (Å²) in [5.74, 6) is 1.66. The molecule has 0 aliphatic heterocycles. The first kappa shape index (κ1) is 22.3. The van der Waals surface area contributed by atoms with Crippen LogP contribution in [0.5, 0.6) is 11.5 Å². The van der Waals surface area contributed by atoms with Gasteiger partial charge in [0.15, 0.2) is 0 Å². The molecule has 0 heterocycles. The number of ether oxygens (including phenoxy) is 2. The Hall–Kier alpha value is -2.00. The van der Waals surface area contributed by atoms with Crippen LogP contribution in [0.2, 0.25) is 0 Å². The van der Waals surface area contributed by atoms with E-state index in [9.17, 15) is 5.11 Å². The summed E-state index contributed by atoms with van der Waals surface area (Å²) in [4.78, 5) is 0. The van der Waals surface area contributed by atoms with Gasteiger partial charge in [0.25, 0.3) is 0 Å². The first-order chi connectivity index (χ1) is 12.8. The molecule has 0 bridgehead atoms. The van der Waals surface area contributed by atoms with Crippen LogP contribution in [0.3, 0.4) is 0 Å². The van der Waals surface area contributed by atoms with Crippen molar-refractivity contribution in [1.29, 1.82) is 0 Å². The predicted molar refractivity (Wildman–Crippen MR) is 116 cm³/mol. The number of hydrogen-bond acceptors (Lipinski definition) is 3. The molecule has 1 atom stereocenters. The summed E-state index contributed by atoms with van der Waals surface area (Å²) in [6, 6.07) is 16.5. The molecule has 2 aromatic rings. The SMILES string of the molecule is CC(C)(C)Oc1ccc(C(C)(C)c2ccc(OCC(O)C(C)(C)C)cc2)cc1. The lowest BCUT2D eigenvalue weighted by Crippen LogP contribution is -2.31. The van der Waals surface area contributed by atoms with Gasteiger partial charge in [-0.3, -0.25) is 0 Å². The van der Waals surface area contributed by atoms with Crippen LogP contribution in [0.1, 0.15) is 66.5 Å². The molecule has 28 heavy (non-hydrogen) atoms. The molecular formula is C25H36O3. The van der Waals surface area contributed by atoms with Gasteiger partial charge in [-0.05, 0) is 61.6 Å². The third kappa shape index (κ3) is 6.00. The van der Waals surface area contributed by atoms with E-state index in [0.717, 1.165) is 11.5 Å². The van der Waals surface area contributed by atoms with Crippen molar-refractivity contribution in [2.24, 2.45) is 5.41 Å². The Bertz CT molecular complexity index is 744. The van der Waals surface area contributed by atoms with Gasteiger partial charge in [0.2, 0.25) is 0 Å². The van der Waals surface area contributed by atoms with Crippen LogP contribution in [0.15, 0.2) is 48.5 Å². The Morgan fingerprint density at radius 1 is 0.714 bits per heavy atom. The third-order valence-electron chi connectivity index (χ3n) is 4.98. The van der Waals surface area contributed by atoms with Crippen molar-refractivity contribution in [3.8, 4) is 11.5 Å². The van der Waals surface area contributed by atoms with E-state index in [4.69, 9.17) is 9.47 Å². The number of hydrogen-bond donors (Lipinski definition) is 1. The maximum atomic E-state index is 10.1. The van der Waals surface area contributed by atoms with Crippen molar-refractivity contribution in [2.45, 2.75) is 72.5 Å². The summed E-state index contributed by atoms with van der Waals surface area (Å²) in [6.07, 6.45) is -0.502. The van der Waals surface area contributed by atoms with Crippen LogP contribution in [0, 0.1) is 5.41 Å². The average Bonchev–Trinajstić information content (AvgIpc) is 2.58. The van der Waals surface area contributed by atoms with Crippen LogP contribution in [0.25, 0.3) is 0 Å². The molecule has 1 unspecified atom stereocenters. The monoisotopic (exact) mass is 384 g/mol. The highest BCUT2D eigenvalue weighted by Gasteiger charge is 2.25. The maximum Gasteiger partial charge on any atom is 0.120 e. The molecule has 2 aromatic carbocycles. The van der Waals surface area contributed by atoms with Crippen molar-refractivity contribution in [1.82, 2.24) is 0 Å². The van der Waals surface area contributed by atoms with E-state index < -0.39 is 6.10 Å². The van der Waals surface area contributed by atoms with Gasteiger partial charge in [0.05, 0.1) is 6.10 Å². The number of benzene rings is 2.